The number of carboxylic acid groups (broad SMARTS) is 1. The Morgan fingerprint density at radius 3 is 1.19 bits per heavy atom. The number of allylic oxidation sites excluding steroid dienone is 2. The van der Waals surface area contributed by atoms with Crippen LogP contribution in [0.2, 0.25) is 0 Å². The molecule has 0 fully saturated rings. The summed E-state index contributed by atoms with van der Waals surface area (Å²) in [4.78, 5) is 21.9. The average Bonchev–Trinajstić information content (AvgIpc) is 2.98. The summed E-state index contributed by atoms with van der Waals surface area (Å²) in [5, 5.41) is 8.51. The van der Waals surface area contributed by atoms with E-state index in [2.05, 4.69) is 32.9 Å². The fourth-order valence-corrected chi connectivity index (χ4v) is 5.07. The maximum atomic E-state index is 11.6. The quantitative estimate of drug-likeness (QED) is 0.0478. The van der Waals surface area contributed by atoms with Crippen molar-refractivity contribution in [3.05, 3.63) is 12.2 Å². The first kappa shape index (κ1) is 42.8. The SMILES string of the molecule is CCCCCCCC/C=C\CCCCCCCC(=O)O.CCCCCCCCCCCC(=O)OCCCCCCCC. The summed E-state index contributed by atoms with van der Waals surface area (Å²) >= 11 is 0. The van der Waals surface area contributed by atoms with E-state index < -0.39 is 5.97 Å². The van der Waals surface area contributed by atoms with Gasteiger partial charge in [0.1, 0.15) is 0 Å². The van der Waals surface area contributed by atoms with Gasteiger partial charge in [0.25, 0.3) is 0 Å². The molecule has 0 aliphatic heterocycles. The highest BCUT2D eigenvalue weighted by atomic mass is 16.5. The predicted molar refractivity (Wildman–Crippen MR) is 183 cm³/mol. The molecule has 0 spiro atoms. The number of hydrogen-bond donors (Lipinski definition) is 1. The molecule has 0 aromatic rings. The maximum Gasteiger partial charge on any atom is 0.305 e. The molecule has 0 bridgehead atoms. The van der Waals surface area contributed by atoms with Gasteiger partial charge in [-0.15, -0.1) is 0 Å². The Balaban J connectivity index is 0. The van der Waals surface area contributed by atoms with E-state index in [1.54, 1.807) is 0 Å². The molecule has 0 unspecified atom stereocenters. The first-order valence-corrected chi connectivity index (χ1v) is 18.6. The topological polar surface area (TPSA) is 63.6 Å². The van der Waals surface area contributed by atoms with Crippen molar-refractivity contribution in [1.82, 2.24) is 0 Å². The Labute approximate surface area is 263 Å². The molecule has 250 valence electrons. The van der Waals surface area contributed by atoms with Crippen LogP contribution >= 0.6 is 0 Å². The first-order chi connectivity index (χ1) is 20.6. The number of carbonyl (C=O) groups is 2. The minimum atomic E-state index is -0.664. The monoisotopic (exact) mass is 595 g/mol. The number of esters is 1. The lowest BCUT2D eigenvalue weighted by atomic mass is 10.1. The van der Waals surface area contributed by atoms with Crippen LogP contribution in [0.3, 0.4) is 0 Å². The van der Waals surface area contributed by atoms with Gasteiger partial charge in [0.05, 0.1) is 6.61 Å². The van der Waals surface area contributed by atoms with Crippen LogP contribution in [-0.4, -0.2) is 23.7 Å². The van der Waals surface area contributed by atoms with E-state index in [-0.39, 0.29) is 5.97 Å². The van der Waals surface area contributed by atoms with Crippen LogP contribution in [-0.2, 0) is 14.3 Å². The number of carboxylic acids is 1. The van der Waals surface area contributed by atoms with Crippen LogP contribution < -0.4 is 0 Å². The van der Waals surface area contributed by atoms with Gasteiger partial charge in [0, 0.05) is 12.8 Å². The number of hydrogen-bond acceptors (Lipinski definition) is 3. The second-order valence-corrected chi connectivity index (χ2v) is 12.3. The van der Waals surface area contributed by atoms with Crippen molar-refractivity contribution in [3.8, 4) is 0 Å². The number of unbranched alkanes of at least 4 members (excludes halogenated alkanes) is 24. The fraction of sp³-hybridized carbons (Fsp3) is 0.895. The zero-order valence-corrected chi connectivity index (χ0v) is 28.7. The van der Waals surface area contributed by atoms with Crippen molar-refractivity contribution in [2.75, 3.05) is 6.61 Å². The Kier molecular flexibility index (Phi) is 40.4. The van der Waals surface area contributed by atoms with Gasteiger partial charge < -0.3 is 9.84 Å². The zero-order valence-electron chi connectivity index (χ0n) is 28.7. The van der Waals surface area contributed by atoms with Gasteiger partial charge in [-0.2, -0.15) is 0 Å². The molecule has 0 amide bonds. The van der Waals surface area contributed by atoms with Crippen molar-refractivity contribution in [3.63, 3.8) is 0 Å². The van der Waals surface area contributed by atoms with Gasteiger partial charge in [0.15, 0.2) is 0 Å². The van der Waals surface area contributed by atoms with E-state index in [0.29, 0.717) is 19.4 Å². The minimum absolute atomic E-state index is 0.0107. The van der Waals surface area contributed by atoms with Gasteiger partial charge in [-0.3, -0.25) is 9.59 Å². The van der Waals surface area contributed by atoms with E-state index in [1.165, 1.54) is 154 Å². The molecule has 0 rings (SSSR count). The minimum Gasteiger partial charge on any atom is -0.481 e. The van der Waals surface area contributed by atoms with Crippen molar-refractivity contribution in [1.29, 1.82) is 0 Å². The van der Waals surface area contributed by atoms with Gasteiger partial charge in [0.2, 0.25) is 0 Å². The van der Waals surface area contributed by atoms with Crippen molar-refractivity contribution in [2.45, 2.75) is 213 Å². The second kappa shape index (κ2) is 39.7. The Morgan fingerprint density at radius 1 is 0.452 bits per heavy atom. The summed E-state index contributed by atoms with van der Waals surface area (Å²) in [6, 6.07) is 0. The third kappa shape index (κ3) is 43.1. The number of ether oxygens (including phenoxy) is 1. The molecule has 0 saturated heterocycles. The predicted octanol–water partition coefficient (Wildman–Crippen LogP) is 12.9. The Bertz CT molecular complexity index is 557. The van der Waals surface area contributed by atoms with Gasteiger partial charge in [-0.1, -0.05) is 168 Å². The second-order valence-electron chi connectivity index (χ2n) is 12.3. The maximum absolute atomic E-state index is 11.6. The molecule has 1 N–H and O–H groups in total. The van der Waals surface area contributed by atoms with Gasteiger partial charge >= 0.3 is 11.9 Å². The van der Waals surface area contributed by atoms with E-state index in [1.807, 2.05) is 0 Å². The third-order valence-corrected chi connectivity index (χ3v) is 7.90. The largest absolute Gasteiger partial charge is 0.481 e. The summed E-state index contributed by atoms with van der Waals surface area (Å²) in [5.74, 6) is -0.654. The van der Waals surface area contributed by atoms with Crippen molar-refractivity contribution in [2.24, 2.45) is 0 Å². The van der Waals surface area contributed by atoms with Gasteiger partial charge in [-0.05, 0) is 44.9 Å². The van der Waals surface area contributed by atoms with Crippen LogP contribution in [0.1, 0.15) is 213 Å². The molecule has 0 radical (unpaired) electrons. The summed E-state index contributed by atoms with van der Waals surface area (Å²) in [7, 11) is 0. The molecular weight excluding hydrogens is 520 g/mol. The highest BCUT2D eigenvalue weighted by Crippen LogP contribution is 2.12. The zero-order chi connectivity index (χ0) is 31.2. The van der Waals surface area contributed by atoms with Crippen molar-refractivity contribution < 1.29 is 19.4 Å². The molecule has 0 heterocycles. The lowest BCUT2D eigenvalue weighted by Crippen LogP contribution is -2.05. The van der Waals surface area contributed by atoms with Crippen LogP contribution in [0.4, 0.5) is 0 Å². The average molecular weight is 595 g/mol. The van der Waals surface area contributed by atoms with Crippen LogP contribution in [0.5, 0.6) is 0 Å². The summed E-state index contributed by atoms with van der Waals surface area (Å²) in [6.07, 6.45) is 40.9. The Hall–Kier alpha value is -1.32. The molecule has 4 nitrogen and oxygen atoms in total. The van der Waals surface area contributed by atoms with E-state index in [4.69, 9.17) is 9.84 Å². The van der Waals surface area contributed by atoms with Crippen LogP contribution in [0.15, 0.2) is 12.2 Å². The molecule has 0 aromatic heterocycles. The molecule has 0 aliphatic carbocycles. The highest BCUT2D eigenvalue weighted by Gasteiger charge is 2.02. The summed E-state index contributed by atoms with van der Waals surface area (Å²) in [6.45, 7) is 7.37. The molecule has 0 aliphatic rings. The molecule has 4 heteroatoms. The fourth-order valence-electron chi connectivity index (χ4n) is 5.07. The number of carbonyl (C=O) groups excluding carboxylic acids is 1. The first-order valence-electron chi connectivity index (χ1n) is 18.6. The van der Waals surface area contributed by atoms with Crippen LogP contribution in [0, 0.1) is 0 Å². The standard InChI is InChI=1S/C20H40O2.C18H34O2/c1-3-5-7-9-11-12-13-14-16-18-20(21)22-19-17-15-10-8-6-4-2;1-2-3-4-5-6-7-8-9-10-11-12-13-14-15-16-17-18(19)20/h3-19H2,1-2H3;9-10H,2-8,11-17H2,1H3,(H,19,20)/b;10-9-. The van der Waals surface area contributed by atoms with Crippen LogP contribution in [0.25, 0.3) is 0 Å². The number of aliphatic carboxylic acids is 1. The normalized spacial score (nSPS) is 11.0. The lowest BCUT2D eigenvalue weighted by molar-refractivity contribution is -0.144. The molecule has 42 heavy (non-hydrogen) atoms. The Morgan fingerprint density at radius 2 is 0.786 bits per heavy atom. The lowest BCUT2D eigenvalue weighted by Gasteiger charge is -2.05. The molecular formula is C38H74O4. The van der Waals surface area contributed by atoms with Crippen molar-refractivity contribution >= 4 is 11.9 Å². The smallest absolute Gasteiger partial charge is 0.305 e. The molecule has 0 saturated carbocycles. The third-order valence-electron chi connectivity index (χ3n) is 7.90. The van der Waals surface area contributed by atoms with Gasteiger partial charge in [-0.25, -0.2) is 0 Å². The number of rotatable bonds is 32. The molecule has 0 aromatic carbocycles. The summed E-state index contributed by atoms with van der Waals surface area (Å²) < 4.78 is 5.28. The highest BCUT2D eigenvalue weighted by molar-refractivity contribution is 5.69. The summed E-state index contributed by atoms with van der Waals surface area (Å²) in [5.41, 5.74) is 0. The van der Waals surface area contributed by atoms with E-state index in [0.717, 1.165) is 25.7 Å². The molecule has 0 atom stereocenters. The van der Waals surface area contributed by atoms with E-state index >= 15 is 0 Å². The van der Waals surface area contributed by atoms with E-state index in [9.17, 15) is 9.59 Å².